The van der Waals surface area contributed by atoms with E-state index in [1.807, 2.05) is 48.5 Å². The molecule has 0 atom stereocenters. The number of fused-ring (bicyclic) bond motifs is 1. The first-order valence-corrected chi connectivity index (χ1v) is 7.86. The van der Waals surface area contributed by atoms with Gasteiger partial charge in [-0.3, -0.25) is 4.79 Å². The zero-order valence-electron chi connectivity index (χ0n) is 13.2. The first-order valence-electron chi connectivity index (χ1n) is 7.86. The molecular formula is C20H20N2O. The molecule has 0 bridgehead atoms. The minimum Gasteiger partial charge on any atom is -0.376 e. The van der Waals surface area contributed by atoms with E-state index in [2.05, 4.69) is 35.8 Å². The Morgan fingerprint density at radius 1 is 0.913 bits per heavy atom. The Hall–Kier alpha value is -2.81. The van der Waals surface area contributed by atoms with Crippen LogP contribution in [-0.4, -0.2) is 12.5 Å². The summed E-state index contributed by atoms with van der Waals surface area (Å²) in [5, 5.41) is 8.41. The number of carbonyl (C=O) groups is 1. The molecule has 0 radical (unpaired) electrons. The monoisotopic (exact) mass is 304 g/mol. The minimum absolute atomic E-state index is 0.0535. The van der Waals surface area contributed by atoms with Crippen molar-refractivity contribution < 1.29 is 4.79 Å². The molecule has 3 rings (SSSR count). The van der Waals surface area contributed by atoms with Gasteiger partial charge in [0.15, 0.2) is 0 Å². The molecule has 3 heteroatoms. The van der Waals surface area contributed by atoms with E-state index in [-0.39, 0.29) is 12.5 Å². The number of hydrogen-bond acceptors (Lipinski definition) is 2. The van der Waals surface area contributed by atoms with Crippen LogP contribution < -0.4 is 10.6 Å². The molecule has 3 aromatic rings. The molecule has 3 nitrogen and oxygen atoms in total. The molecule has 0 saturated carbocycles. The molecule has 0 unspecified atom stereocenters. The Morgan fingerprint density at radius 2 is 1.65 bits per heavy atom. The van der Waals surface area contributed by atoms with Crippen LogP contribution in [-0.2, 0) is 11.2 Å². The van der Waals surface area contributed by atoms with Crippen LogP contribution in [0, 0.1) is 0 Å². The maximum Gasteiger partial charge on any atom is 0.243 e. The summed E-state index contributed by atoms with van der Waals surface area (Å²) in [5.74, 6) is -0.0535. The molecule has 0 spiro atoms. The van der Waals surface area contributed by atoms with Crippen molar-refractivity contribution in [3.63, 3.8) is 0 Å². The molecule has 0 aliphatic carbocycles. The second-order valence-corrected chi connectivity index (χ2v) is 5.48. The Morgan fingerprint density at radius 3 is 2.43 bits per heavy atom. The van der Waals surface area contributed by atoms with Crippen molar-refractivity contribution in [3.8, 4) is 0 Å². The van der Waals surface area contributed by atoms with Gasteiger partial charge in [0.05, 0.1) is 6.54 Å². The fraction of sp³-hybridized carbons (Fsp3) is 0.150. The molecule has 1 amide bonds. The predicted molar refractivity (Wildman–Crippen MR) is 96.9 cm³/mol. The second-order valence-electron chi connectivity index (χ2n) is 5.48. The number of hydrogen-bond donors (Lipinski definition) is 2. The van der Waals surface area contributed by atoms with Crippen LogP contribution in [0.3, 0.4) is 0 Å². The zero-order valence-corrected chi connectivity index (χ0v) is 13.2. The summed E-state index contributed by atoms with van der Waals surface area (Å²) in [6.45, 7) is 2.35. The quantitative estimate of drug-likeness (QED) is 0.731. The molecule has 3 aromatic carbocycles. The lowest BCUT2D eigenvalue weighted by atomic mass is 10.1. The molecular weight excluding hydrogens is 284 g/mol. The number of carbonyl (C=O) groups excluding carboxylic acids is 1. The van der Waals surface area contributed by atoms with Crippen molar-refractivity contribution in [2.45, 2.75) is 13.3 Å². The summed E-state index contributed by atoms with van der Waals surface area (Å²) in [6, 6.07) is 22.1. The normalized spacial score (nSPS) is 10.5. The molecule has 23 heavy (non-hydrogen) atoms. The van der Waals surface area contributed by atoms with Crippen LogP contribution in [0.2, 0.25) is 0 Å². The van der Waals surface area contributed by atoms with Gasteiger partial charge >= 0.3 is 0 Å². The van der Waals surface area contributed by atoms with Gasteiger partial charge in [-0.05, 0) is 35.6 Å². The number of rotatable bonds is 5. The Bertz CT molecular complexity index is 804. The number of anilines is 2. The summed E-state index contributed by atoms with van der Waals surface area (Å²) >= 11 is 0. The van der Waals surface area contributed by atoms with Crippen molar-refractivity contribution >= 4 is 28.1 Å². The van der Waals surface area contributed by atoms with Crippen molar-refractivity contribution in [2.24, 2.45) is 0 Å². The van der Waals surface area contributed by atoms with Gasteiger partial charge in [0.25, 0.3) is 0 Å². The van der Waals surface area contributed by atoms with Crippen LogP contribution in [0.5, 0.6) is 0 Å². The summed E-state index contributed by atoms with van der Waals surface area (Å²) in [4.78, 5) is 12.1. The average molecular weight is 304 g/mol. The van der Waals surface area contributed by atoms with E-state index in [9.17, 15) is 4.79 Å². The molecule has 0 aliphatic heterocycles. The number of nitrogens with one attached hydrogen (secondary N) is 2. The lowest BCUT2D eigenvalue weighted by Crippen LogP contribution is -2.21. The van der Waals surface area contributed by atoms with Crippen LogP contribution >= 0.6 is 0 Å². The third kappa shape index (κ3) is 3.69. The molecule has 0 fully saturated rings. The van der Waals surface area contributed by atoms with E-state index in [0.717, 1.165) is 28.6 Å². The topological polar surface area (TPSA) is 41.1 Å². The molecule has 0 aromatic heterocycles. The van der Waals surface area contributed by atoms with Crippen LogP contribution in [0.25, 0.3) is 10.8 Å². The van der Waals surface area contributed by atoms with E-state index in [4.69, 9.17) is 0 Å². The highest BCUT2D eigenvalue weighted by atomic mass is 16.1. The lowest BCUT2D eigenvalue weighted by Gasteiger charge is -2.10. The Kier molecular flexibility index (Phi) is 4.57. The van der Waals surface area contributed by atoms with Gasteiger partial charge in [0, 0.05) is 16.8 Å². The van der Waals surface area contributed by atoms with E-state index in [1.165, 1.54) is 5.56 Å². The maximum absolute atomic E-state index is 12.1. The molecule has 0 heterocycles. The van der Waals surface area contributed by atoms with Gasteiger partial charge in [0.1, 0.15) is 0 Å². The van der Waals surface area contributed by atoms with Crippen LogP contribution in [0.4, 0.5) is 11.4 Å². The van der Waals surface area contributed by atoms with Crippen LogP contribution in [0.1, 0.15) is 12.5 Å². The van der Waals surface area contributed by atoms with Crippen molar-refractivity contribution in [2.75, 3.05) is 17.2 Å². The van der Waals surface area contributed by atoms with E-state index in [1.54, 1.807) is 0 Å². The fourth-order valence-corrected chi connectivity index (χ4v) is 2.58. The third-order valence-corrected chi connectivity index (χ3v) is 3.87. The third-order valence-electron chi connectivity index (χ3n) is 3.87. The first kappa shape index (κ1) is 15.1. The largest absolute Gasteiger partial charge is 0.376 e. The highest BCUT2D eigenvalue weighted by molar-refractivity contribution is 5.97. The summed E-state index contributed by atoms with van der Waals surface area (Å²) < 4.78 is 0. The van der Waals surface area contributed by atoms with Crippen molar-refractivity contribution in [1.82, 2.24) is 0 Å². The minimum atomic E-state index is -0.0535. The van der Waals surface area contributed by atoms with Gasteiger partial charge in [-0.1, -0.05) is 55.5 Å². The van der Waals surface area contributed by atoms with E-state index >= 15 is 0 Å². The SMILES string of the molecule is CCc1ccc(NC(=O)CNc2cccc3ccccc23)cc1. The average Bonchev–Trinajstić information content (AvgIpc) is 2.60. The molecule has 0 saturated heterocycles. The molecule has 2 N–H and O–H groups in total. The molecule has 116 valence electrons. The standard InChI is InChI=1S/C20H20N2O/c1-2-15-10-12-17(13-11-15)22-20(23)14-21-19-9-5-7-16-6-3-4-8-18(16)19/h3-13,21H,2,14H2,1H3,(H,22,23). The zero-order chi connectivity index (χ0) is 16.1. The fourth-order valence-electron chi connectivity index (χ4n) is 2.58. The maximum atomic E-state index is 12.1. The van der Waals surface area contributed by atoms with Crippen molar-refractivity contribution in [3.05, 3.63) is 72.3 Å². The first-order chi connectivity index (χ1) is 11.3. The number of aryl methyl sites for hydroxylation is 1. The number of amides is 1. The smallest absolute Gasteiger partial charge is 0.243 e. The van der Waals surface area contributed by atoms with Gasteiger partial charge in [-0.2, -0.15) is 0 Å². The summed E-state index contributed by atoms with van der Waals surface area (Å²) in [6.07, 6.45) is 0.997. The molecule has 0 aliphatic rings. The summed E-state index contributed by atoms with van der Waals surface area (Å²) in [7, 11) is 0. The highest BCUT2D eigenvalue weighted by Gasteiger charge is 2.04. The van der Waals surface area contributed by atoms with Crippen molar-refractivity contribution in [1.29, 1.82) is 0 Å². The van der Waals surface area contributed by atoms with Crippen LogP contribution in [0.15, 0.2) is 66.7 Å². The number of benzene rings is 3. The van der Waals surface area contributed by atoms with Gasteiger partial charge < -0.3 is 10.6 Å². The van der Waals surface area contributed by atoms with Gasteiger partial charge in [0.2, 0.25) is 5.91 Å². The van der Waals surface area contributed by atoms with Gasteiger partial charge in [-0.25, -0.2) is 0 Å². The predicted octanol–water partition coefficient (Wildman–Crippen LogP) is 4.45. The van der Waals surface area contributed by atoms with E-state index < -0.39 is 0 Å². The lowest BCUT2D eigenvalue weighted by molar-refractivity contribution is -0.114. The Balaban J connectivity index is 1.63. The van der Waals surface area contributed by atoms with Gasteiger partial charge in [-0.15, -0.1) is 0 Å². The summed E-state index contributed by atoms with van der Waals surface area (Å²) in [5.41, 5.74) is 3.06. The highest BCUT2D eigenvalue weighted by Crippen LogP contribution is 2.22. The van der Waals surface area contributed by atoms with E-state index in [0.29, 0.717) is 0 Å². The Labute approximate surface area is 136 Å². The second kappa shape index (κ2) is 6.97.